The van der Waals surface area contributed by atoms with Crippen molar-refractivity contribution in [2.75, 3.05) is 12.9 Å². The van der Waals surface area contributed by atoms with Crippen LogP contribution in [0.1, 0.15) is 10.9 Å². The number of carbonyl (C=O) groups excluding carboxylic acids is 1. The van der Waals surface area contributed by atoms with Crippen molar-refractivity contribution in [3.63, 3.8) is 0 Å². The third-order valence-electron chi connectivity index (χ3n) is 4.31. The second kappa shape index (κ2) is 8.47. The Morgan fingerprint density at radius 1 is 1.28 bits per heavy atom. The van der Waals surface area contributed by atoms with E-state index >= 15 is 0 Å². The van der Waals surface area contributed by atoms with E-state index in [1.54, 1.807) is 7.11 Å². The van der Waals surface area contributed by atoms with Gasteiger partial charge in [0, 0.05) is 17.0 Å². The van der Waals surface area contributed by atoms with Crippen molar-refractivity contribution in [1.82, 2.24) is 15.0 Å². The monoisotopic (exact) mass is 420 g/mol. The van der Waals surface area contributed by atoms with Gasteiger partial charge in [0.05, 0.1) is 35.7 Å². The van der Waals surface area contributed by atoms with Gasteiger partial charge in [-0.2, -0.15) is 5.26 Å². The van der Waals surface area contributed by atoms with Crippen molar-refractivity contribution >= 4 is 39.9 Å². The Bertz CT molecular complexity index is 1190. The number of methoxy groups -OCH3 is 1. The molecule has 144 valence electrons. The van der Waals surface area contributed by atoms with E-state index in [0.717, 1.165) is 28.0 Å². The Hall–Kier alpha value is -3.15. The number of thioether (sulfide) groups is 1. The minimum Gasteiger partial charge on any atom is -0.497 e. The largest absolute Gasteiger partial charge is 0.497 e. The number of fused-ring (bicyclic) bond motifs is 1. The van der Waals surface area contributed by atoms with Crippen LogP contribution in [0.4, 0.5) is 0 Å². The number of H-pyrrole nitrogens is 1. The van der Waals surface area contributed by atoms with Gasteiger partial charge in [-0.05, 0) is 12.1 Å². The van der Waals surface area contributed by atoms with Gasteiger partial charge in [0.1, 0.15) is 10.8 Å². The van der Waals surface area contributed by atoms with Crippen LogP contribution in [0.25, 0.3) is 22.3 Å². The van der Waals surface area contributed by atoms with Crippen molar-refractivity contribution in [1.29, 1.82) is 5.26 Å². The maximum atomic E-state index is 12.7. The first kappa shape index (κ1) is 19.2. The molecule has 0 aliphatic rings. The summed E-state index contributed by atoms with van der Waals surface area (Å²) in [7, 11) is 1.61. The van der Waals surface area contributed by atoms with Gasteiger partial charge in [0.15, 0.2) is 16.9 Å². The molecule has 0 fully saturated rings. The molecule has 0 bridgehead atoms. The number of hydrogen-bond donors (Lipinski definition) is 1. The van der Waals surface area contributed by atoms with E-state index in [2.05, 4.69) is 21.0 Å². The van der Waals surface area contributed by atoms with Crippen LogP contribution in [0.5, 0.6) is 5.75 Å². The highest BCUT2D eigenvalue weighted by Crippen LogP contribution is 2.29. The summed E-state index contributed by atoms with van der Waals surface area (Å²) in [5.74, 6) is -0.203. The number of ether oxygens (including phenoxy) is 1. The first-order chi connectivity index (χ1) is 14.2. The first-order valence-electron chi connectivity index (χ1n) is 8.77. The van der Waals surface area contributed by atoms with Crippen LogP contribution < -0.4 is 4.74 Å². The van der Waals surface area contributed by atoms with Crippen LogP contribution in [0.15, 0.2) is 59.1 Å². The summed E-state index contributed by atoms with van der Waals surface area (Å²) in [4.78, 5) is 24.8. The number of nitrogens with zero attached hydrogens (tertiary/aromatic N) is 3. The average Bonchev–Trinajstić information content (AvgIpc) is 3.40. The number of nitriles is 1. The van der Waals surface area contributed by atoms with Gasteiger partial charge in [0.2, 0.25) is 0 Å². The van der Waals surface area contributed by atoms with E-state index in [0.29, 0.717) is 10.2 Å². The highest BCUT2D eigenvalue weighted by Gasteiger charge is 2.24. The molecule has 2 heterocycles. The van der Waals surface area contributed by atoms with Crippen LogP contribution in [0, 0.1) is 11.3 Å². The number of thiazole rings is 1. The number of rotatable bonds is 7. The lowest BCUT2D eigenvalue weighted by Crippen LogP contribution is -2.13. The van der Waals surface area contributed by atoms with E-state index in [1.807, 2.05) is 53.9 Å². The lowest BCUT2D eigenvalue weighted by atomic mass is 10.1. The van der Waals surface area contributed by atoms with Crippen LogP contribution in [0.3, 0.4) is 0 Å². The molecule has 1 atom stereocenters. The number of aromatic nitrogens is 3. The fraction of sp³-hybridized carbons (Fsp3) is 0.143. The zero-order valence-corrected chi connectivity index (χ0v) is 17.1. The SMILES string of the molecule is COc1ccc2nc(SCC(=O)C(C#N)c3nc(-c4ccccc4)cs3)[nH]c2c1. The number of aromatic amines is 1. The third kappa shape index (κ3) is 4.16. The summed E-state index contributed by atoms with van der Waals surface area (Å²) in [6.07, 6.45) is 0. The fourth-order valence-corrected chi connectivity index (χ4v) is 4.49. The summed E-state index contributed by atoms with van der Waals surface area (Å²) < 4.78 is 5.21. The molecule has 1 N–H and O–H groups in total. The molecule has 4 aromatic rings. The van der Waals surface area contributed by atoms with Crippen molar-refractivity contribution in [3.8, 4) is 23.1 Å². The molecule has 4 rings (SSSR count). The zero-order chi connectivity index (χ0) is 20.2. The minimum atomic E-state index is -0.880. The Kier molecular flexibility index (Phi) is 5.60. The molecule has 0 spiro atoms. The van der Waals surface area contributed by atoms with Gasteiger partial charge in [-0.3, -0.25) is 4.79 Å². The van der Waals surface area contributed by atoms with Gasteiger partial charge < -0.3 is 9.72 Å². The highest BCUT2D eigenvalue weighted by molar-refractivity contribution is 7.99. The molecule has 0 saturated carbocycles. The van der Waals surface area contributed by atoms with Crippen LogP contribution in [0.2, 0.25) is 0 Å². The maximum Gasteiger partial charge on any atom is 0.167 e. The van der Waals surface area contributed by atoms with E-state index in [1.165, 1.54) is 23.1 Å². The fourth-order valence-electron chi connectivity index (χ4n) is 2.81. The van der Waals surface area contributed by atoms with E-state index in [-0.39, 0.29) is 11.5 Å². The number of imidazole rings is 1. The Balaban J connectivity index is 1.46. The molecule has 1 unspecified atom stereocenters. The lowest BCUT2D eigenvalue weighted by molar-refractivity contribution is -0.116. The van der Waals surface area contributed by atoms with E-state index in [4.69, 9.17) is 4.74 Å². The molecule has 8 heteroatoms. The van der Waals surface area contributed by atoms with Crippen LogP contribution >= 0.6 is 23.1 Å². The van der Waals surface area contributed by atoms with Crippen molar-refractivity contribution in [2.45, 2.75) is 11.1 Å². The molecule has 0 amide bonds. The molecule has 2 aromatic carbocycles. The number of hydrogen-bond acceptors (Lipinski definition) is 7. The molecule has 0 saturated heterocycles. The van der Waals surface area contributed by atoms with Crippen LogP contribution in [-0.4, -0.2) is 33.6 Å². The van der Waals surface area contributed by atoms with Gasteiger partial charge in [0.25, 0.3) is 0 Å². The average molecular weight is 421 g/mol. The molecular formula is C21H16N4O2S2. The smallest absolute Gasteiger partial charge is 0.167 e. The Morgan fingerprint density at radius 2 is 2.10 bits per heavy atom. The quantitative estimate of drug-likeness (QED) is 0.437. The number of carbonyl (C=O) groups is 1. The van der Waals surface area contributed by atoms with Crippen LogP contribution in [-0.2, 0) is 4.79 Å². The van der Waals surface area contributed by atoms with Gasteiger partial charge >= 0.3 is 0 Å². The van der Waals surface area contributed by atoms with E-state index < -0.39 is 5.92 Å². The molecule has 0 aliphatic heterocycles. The second-order valence-corrected chi connectivity index (χ2v) is 8.03. The summed E-state index contributed by atoms with van der Waals surface area (Å²) in [5.41, 5.74) is 3.37. The number of ketones is 1. The molecule has 29 heavy (non-hydrogen) atoms. The summed E-state index contributed by atoms with van der Waals surface area (Å²) >= 11 is 2.61. The van der Waals surface area contributed by atoms with Gasteiger partial charge in [-0.25, -0.2) is 9.97 Å². The number of nitrogens with one attached hydrogen (secondary N) is 1. The van der Waals surface area contributed by atoms with Crippen molar-refractivity contribution in [2.24, 2.45) is 0 Å². The highest BCUT2D eigenvalue weighted by atomic mass is 32.2. The second-order valence-electron chi connectivity index (χ2n) is 6.18. The van der Waals surface area contributed by atoms with Crippen molar-refractivity contribution in [3.05, 3.63) is 58.9 Å². The standard InChI is InChI=1S/C21H16N4O2S2/c1-27-14-7-8-16-17(9-14)25-21(24-16)29-12-19(26)15(10-22)20-23-18(11-28-20)13-5-3-2-4-6-13/h2-9,11,15H,12H2,1H3,(H,24,25). The van der Waals surface area contributed by atoms with Gasteiger partial charge in [-0.1, -0.05) is 42.1 Å². The minimum absolute atomic E-state index is 0.134. The first-order valence-corrected chi connectivity index (χ1v) is 10.6. The topological polar surface area (TPSA) is 91.7 Å². The summed E-state index contributed by atoms with van der Waals surface area (Å²) in [5, 5.41) is 12.6. The predicted octanol–water partition coefficient (Wildman–Crippen LogP) is 4.66. The molecule has 0 radical (unpaired) electrons. The number of Topliss-reactive ketones (excluding diaryl/α,β-unsaturated/α-hetero) is 1. The Morgan fingerprint density at radius 3 is 2.86 bits per heavy atom. The molecular weight excluding hydrogens is 404 g/mol. The predicted molar refractivity (Wildman–Crippen MR) is 114 cm³/mol. The maximum absolute atomic E-state index is 12.7. The number of benzene rings is 2. The molecule has 2 aromatic heterocycles. The van der Waals surface area contributed by atoms with Gasteiger partial charge in [-0.15, -0.1) is 11.3 Å². The van der Waals surface area contributed by atoms with Crippen molar-refractivity contribution < 1.29 is 9.53 Å². The summed E-state index contributed by atoms with van der Waals surface area (Å²) in [6.45, 7) is 0. The molecule has 6 nitrogen and oxygen atoms in total. The normalized spacial score (nSPS) is 11.9. The van der Waals surface area contributed by atoms with E-state index in [9.17, 15) is 10.1 Å². The zero-order valence-electron chi connectivity index (χ0n) is 15.5. The summed E-state index contributed by atoms with van der Waals surface area (Å²) in [6, 6.07) is 17.3. The Labute approximate surface area is 175 Å². The lowest BCUT2D eigenvalue weighted by Gasteiger charge is -2.03. The third-order valence-corrected chi connectivity index (χ3v) is 6.11. The molecule has 0 aliphatic carbocycles.